The molecule has 1 aliphatic rings. The molecular formula is C20H24N2O5S. The quantitative estimate of drug-likeness (QED) is 0.796. The number of hydrogen-bond donors (Lipinski definition) is 1. The number of fused-ring (bicyclic) bond motifs is 1. The van der Waals surface area contributed by atoms with Gasteiger partial charge in [0.05, 0.1) is 25.2 Å². The van der Waals surface area contributed by atoms with Crippen LogP contribution in [0.25, 0.3) is 0 Å². The molecule has 1 N–H and O–H groups in total. The number of hydrogen-bond acceptors (Lipinski definition) is 5. The Morgan fingerprint density at radius 3 is 2.43 bits per heavy atom. The van der Waals surface area contributed by atoms with Crippen LogP contribution in [0.3, 0.4) is 0 Å². The lowest BCUT2D eigenvalue weighted by atomic mass is 9.99. The molecule has 0 spiro atoms. The maximum atomic E-state index is 12.8. The van der Waals surface area contributed by atoms with E-state index in [0.29, 0.717) is 24.6 Å². The molecule has 2 aromatic rings. The summed E-state index contributed by atoms with van der Waals surface area (Å²) in [4.78, 5) is 14.5. The van der Waals surface area contributed by atoms with Crippen LogP contribution in [0, 0.1) is 0 Å². The van der Waals surface area contributed by atoms with Crippen molar-refractivity contribution in [3.8, 4) is 11.5 Å². The monoisotopic (exact) mass is 404 g/mol. The average Bonchev–Trinajstić information content (AvgIpc) is 2.71. The van der Waals surface area contributed by atoms with Crippen molar-refractivity contribution >= 4 is 15.9 Å². The van der Waals surface area contributed by atoms with E-state index in [-0.39, 0.29) is 10.8 Å². The van der Waals surface area contributed by atoms with E-state index in [0.717, 1.165) is 12.0 Å². The van der Waals surface area contributed by atoms with E-state index in [1.54, 1.807) is 11.8 Å². The Kier molecular flexibility index (Phi) is 5.90. The molecule has 1 amide bonds. The molecule has 150 valence electrons. The second kappa shape index (κ2) is 8.20. The molecule has 1 aliphatic heterocycles. The number of ether oxygens (including phenoxy) is 2. The predicted molar refractivity (Wildman–Crippen MR) is 105 cm³/mol. The van der Waals surface area contributed by atoms with E-state index in [1.807, 2.05) is 18.2 Å². The fourth-order valence-electron chi connectivity index (χ4n) is 3.29. The molecule has 0 fully saturated rings. The Morgan fingerprint density at radius 2 is 1.75 bits per heavy atom. The van der Waals surface area contributed by atoms with Crippen molar-refractivity contribution in [3.05, 3.63) is 53.6 Å². The molecule has 3 rings (SSSR count). The lowest BCUT2D eigenvalue weighted by Gasteiger charge is -2.31. The summed E-state index contributed by atoms with van der Waals surface area (Å²) < 4.78 is 38.2. The van der Waals surface area contributed by atoms with Gasteiger partial charge in [-0.05, 0) is 36.6 Å². The molecule has 7 nitrogen and oxygen atoms in total. The van der Waals surface area contributed by atoms with Gasteiger partial charge in [-0.25, -0.2) is 8.42 Å². The molecule has 28 heavy (non-hydrogen) atoms. The highest BCUT2D eigenvalue weighted by molar-refractivity contribution is 7.89. The van der Waals surface area contributed by atoms with E-state index < -0.39 is 16.1 Å². The highest BCUT2D eigenvalue weighted by Crippen LogP contribution is 2.29. The number of carbonyl (C=O) groups is 1. The van der Waals surface area contributed by atoms with Crippen molar-refractivity contribution in [1.29, 1.82) is 0 Å². The highest BCUT2D eigenvalue weighted by atomic mass is 32.2. The topological polar surface area (TPSA) is 84.9 Å². The van der Waals surface area contributed by atoms with Gasteiger partial charge in [-0.15, -0.1) is 0 Å². The van der Waals surface area contributed by atoms with Crippen LogP contribution in [0.15, 0.2) is 47.4 Å². The summed E-state index contributed by atoms with van der Waals surface area (Å²) in [5, 5.41) is 0. The lowest BCUT2D eigenvalue weighted by Crippen LogP contribution is -2.48. The number of amides is 1. The zero-order chi connectivity index (χ0) is 20.3. The van der Waals surface area contributed by atoms with Crippen LogP contribution in [0.2, 0.25) is 0 Å². The van der Waals surface area contributed by atoms with Crippen molar-refractivity contribution in [2.45, 2.75) is 30.8 Å². The Labute approximate surface area is 165 Å². The SMILES string of the molecule is COc1ccc(S(=O)(=O)N[C@@H](C)C(=O)N2CCc3ccccc3C2)cc1OC. The van der Waals surface area contributed by atoms with Gasteiger partial charge in [0.1, 0.15) is 0 Å². The first-order valence-electron chi connectivity index (χ1n) is 8.95. The van der Waals surface area contributed by atoms with Gasteiger partial charge in [-0.2, -0.15) is 4.72 Å². The Morgan fingerprint density at radius 1 is 1.07 bits per heavy atom. The molecule has 2 aromatic carbocycles. The van der Waals surface area contributed by atoms with Crippen molar-refractivity contribution in [1.82, 2.24) is 9.62 Å². The van der Waals surface area contributed by atoms with E-state index in [1.165, 1.54) is 38.0 Å². The van der Waals surface area contributed by atoms with Crippen molar-refractivity contribution < 1.29 is 22.7 Å². The second-order valence-corrected chi connectivity index (χ2v) is 8.35. The van der Waals surface area contributed by atoms with Crippen molar-refractivity contribution in [3.63, 3.8) is 0 Å². The van der Waals surface area contributed by atoms with Crippen LogP contribution < -0.4 is 14.2 Å². The molecule has 0 aromatic heterocycles. The Hall–Kier alpha value is -2.58. The van der Waals surface area contributed by atoms with Crippen LogP contribution in [0.5, 0.6) is 11.5 Å². The minimum atomic E-state index is -3.89. The number of nitrogens with one attached hydrogen (secondary N) is 1. The summed E-state index contributed by atoms with van der Waals surface area (Å²) in [5.74, 6) is 0.480. The standard InChI is InChI=1S/C20H24N2O5S/c1-14(20(23)22-11-10-15-6-4-5-7-16(15)13-22)21-28(24,25)17-8-9-18(26-2)19(12-17)27-3/h4-9,12,14,21H,10-11,13H2,1-3H3/t14-/m0/s1. The molecule has 0 saturated heterocycles. The third-order valence-electron chi connectivity index (χ3n) is 4.81. The molecule has 1 heterocycles. The van der Waals surface area contributed by atoms with Crippen LogP contribution >= 0.6 is 0 Å². The smallest absolute Gasteiger partial charge is 0.241 e. The molecule has 0 unspecified atom stereocenters. The molecule has 0 aliphatic carbocycles. The summed E-state index contributed by atoms with van der Waals surface area (Å²) in [5.41, 5.74) is 2.32. The number of benzene rings is 2. The predicted octanol–water partition coefficient (Wildman–Crippen LogP) is 1.96. The third kappa shape index (κ3) is 4.13. The number of rotatable bonds is 6. The number of carbonyl (C=O) groups excluding carboxylic acids is 1. The minimum absolute atomic E-state index is 0.00814. The van der Waals surface area contributed by atoms with E-state index >= 15 is 0 Å². The summed E-state index contributed by atoms with van der Waals surface area (Å²) >= 11 is 0. The van der Waals surface area contributed by atoms with Crippen LogP contribution in [0.1, 0.15) is 18.1 Å². The molecular weight excluding hydrogens is 380 g/mol. The highest BCUT2D eigenvalue weighted by Gasteiger charge is 2.28. The van der Waals surface area contributed by atoms with Gasteiger partial charge in [0.15, 0.2) is 11.5 Å². The largest absolute Gasteiger partial charge is 0.493 e. The third-order valence-corrected chi connectivity index (χ3v) is 6.35. The summed E-state index contributed by atoms with van der Waals surface area (Å²) in [6.45, 7) is 2.61. The van der Waals surface area contributed by atoms with Crippen molar-refractivity contribution in [2.75, 3.05) is 20.8 Å². The first kappa shape index (κ1) is 20.2. The fourth-order valence-corrected chi connectivity index (χ4v) is 4.50. The van der Waals surface area contributed by atoms with Gasteiger partial charge in [0.2, 0.25) is 15.9 Å². The summed E-state index contributed by atoms with van der Waals surface area (Å²) in [6.07, 6.45) is 0.761. The van der Waals surface area contributed by atoms with E-state index in [9.17, 15) is 13.2 Å². The lowest BCUT2D eigenvalue weighted by molar-refractivity contribution is -0.133. The number of nitrogens with zero attached hydrogens (tertiary/aromatic N) is 1. The number of methoxy groups -OCH3 is 2. The molecule has 0 bridgehead atoms. The molecule has 8 heteroatoms. The summed E-state index contributed by atoms with van der Waals surface area (Å²) in [7, 11) is -0.988. The first-order valence-corrected chi connectivity index (χ1v) is 10.4. The van der Waals surface area contributed by atoms with E-state index in [4.69, 9.17) is 9.47 Å². The van der Waals surface area contributed by atoms with Gasteiger partial charge in [0.25, 0.3) is 0 Å². The first-order chi connectivity index (χ1) is 13.4. The van der Waals surface area contributed by atoms with Crippen LogP contribution in [-0.2, 0) is 27.8 Å². The maximum Gasteiger partial charge on any atom is 0.241 e. The maximum absolute atomic E-state index is 12.8. The molecule has 1 atom stereocenters. The number of sulfonamides is 1. The van der Waals surface area contributed by atoms with Gasteiger partial charge < -0.3 is 14.4 Å². The van der Waals surface area contributed by atoms with Gasteiger partial charge in [-0.3, -0.25) is 4.79 Å². The minimum Gasteiger partial charge on any atom is -0.493 e. The average molecular weight is 404 g/mol. The van der Waals surface area contributed by atoms with E-state index in [2.05, 4.69) is 10.8 Å². The van der Waals surface area contributed by atoms with Gasteiger partial charge in [-0.1, -0.05) is 24.3 Å². The zero-order valence-electron chi connectivity index (χ0n) is 16.1. The van der Waals surface area contributed by atoms with Gasteiger partial charge in [0, 0.05) is 19.2 Å². The summed E-state index contributed by atoms with van der Waals surface area (Å²) in [6, 6.07) is 11.4. The van der Waals surface area contributed by atoms with Crippen molar-refractivity contribution in [2.24, 2.45) is 0 Å². The van der Waals surface area contributed by atoms with Gasteiger partial charge >= 0.3 is 0 Å². The zero-order valence-corrected chi connectivity index (χ0v) is 17.0. The normalized spacial score (nSPS) is 14.9. The fraction of sp³-hybridized carbons (Fsp3) is 0.350. The van der Waals surface area contributed by atoms with Crippen LogP contribution in [0.4, 0.5) is 0 Å². The molecule has 0 radical (unpaired) electrons. The molecule has 0 saturated carbocycles. The Bertz CT molecular complexity index is 974. The Balaban J connectivity index is 1.73. The second-order valence-electron chi connectivity index (χ2n) is 6.64. The van der Waals surface area contributed by atoms with Crippen LogP contribution in [-0.4, -0.2) is 46.0 Å².